The molecule has 436 valence electrons. The normalized spacial score (nSPS) is 24.8. The van der Waals surface area contributed by atoms with E-state index in [9.17, 15) is 23.3 Å². The zero-order chi connectivity index (χ0) is 56.6. The summed E-state index contributed by atoms with van der Waals surface area (Å²) in [6, 6.07) is 24.4. The van der Waals surface area contributed by atoms with E-state index in [0.717, 1.165) is 105 Å². The summed E-state index contributed by atoms with van der Waals surface area (Å²) in [5.41, 5.74) is 6.03. The molecule has 3 aromatic heterocycles. The number of pyridine rings is 2. The number of aromatic amines is 1. The molecular weight excluding hydrogens is 1080 g/mol. The van der Waals surface area contributed by atoms with Crippen molar-refractivity contribution in [3.63, 3.8) is 0 Å². The van der Waals surface area contributed by atoms with Crippen molar-refractivity contribution in [2.24, 2.45) is 11.3 Å². The molecule has 83 heavy (non-hydrogen) atoms. The third-order valence-corrected chi connectivity index (χ3v) is 20.1. The Morgan fingerprint density at radius 2 is 1.72 bits per heavy atom. The Kier molecular flexibility index (Phi) is 14.2. The summed E-state index contributed by atoms with van der Waals surface area (Å²) in [5.74, 6) is 0.570. The van der Waals surface area contributed by atoms with Gasteiger partial charge in [-0.1, -0.05) is 24.3 Å². The third-order valence-electron chi connectivity index (χ3n) is 18.8. The highest BCUT2D eigenvalue weighted by Crippen LogP contribution is 2.55. The van der Waals surface area contributed by atoms with Gasteiger partial charge in [-0.25, -0.2) is 13.1 Å². The number of aromatic nitrogens is 3. The molecule has 21 nitrogen and oxygen atoms in total. The first-order valence-corrected chi connectivity index (χ1v) is 30.9. The SMILES string of the molecule is CC(C)Oc1ccccc1[C@@H]1CN([C@@H]2COCc3cccnc32)CCN1C1CC2(CCN(c3ccc(C(=O)NS(=O)(=O)c4cc5c(c([N+](=O)[O-])c4)N[C@H](C4CCOCC4)CO5)c(N4c5cc6cc[nH]c6nc5O[C@H]5COCC[C@@H]54)c3)CC2)C1. The van der Waals surface area contributed by atoms with Crippen LogP contribution >= 0.6 is 0 Å². The minimum atomic E-state index is -4.72. The highest BCUT2D eigenvalue weighted by atomic mass is 32.2. The summed E-state index contributed by atoms with van der Waals surface area (Å²) in [5, 5.41) is 16.7. The van der Waals surface area contributed by atoms with Gasteiger partial charge in [0.1, 0.15) is 29.8 Å². The van der Waals surface area contributed by atoms with Gasteiger partial charge in [0.15, 0.2) is 11.4 Å². The Morgan fingerprint density at radius 3 is 2.55 bits per heavy atom. The van der Waals surface area contributed by atoms with Crippen LogP contribution in [-0.4, -0.2) is 147 Å². The number of nitro benzene ring substituents is 1. The molecule has 14 rings (SSSR count). The van der Waals surface area contributed by atoms with Crippen LogP contribution in [0.3, 0.4) is 0 Å². The minimum Gasteiger partial charge on any atom is -0.491 e. The van der Waals surface area contributed by atoms with Crippen molar-refractivity contribution in [2.75, 3.05) is 87.5 Å². The van der Waals surface area contributed by atoms with Crippen molar-refractivity contribution < 1.29 is 46.6 Å². The van der Waals surface area contributed by atoms with Crippen molar-refractivity contribution in [3.05, 3.63) is 124 Å². The van der Waals surface area contributed by atoms with Crippen LogP contribution < -0.4 is 34.0 Å². The van der Waals surface area contributed by atoms with E-state index in [0.29, 0.717) is 68.4 Å². The molecule has 6 aromatic rings. The average molecular weight is 1150 g/mol. The fourth-order valence-electron chi connectivity index (χ4n) is 14.5. The summed E-state index contributed by atoms with van der Waals surface area (Å²) >= 11 is 0. The number of nitro groups is 1. The number of fused-ring (bicyclic) bond motifs is 5. The standard InChI is InChI=1S/C61H70N10O11S/c1-37(2)81-53-8-4-3-7-44(53)51-32-68(52-35-79-33-40-6-5-17-62-56(40)52)21-22-69(51)42-30-61(31-42)15-19-67(20-16-61)41-9-10-45(48(27-41)70-47-14-25-78-36-55(47)82-60-50(70)26-39-11-18-63-58(39)65-60)59(72)66-83(75,76)43-28-49(71(73)74)57-54(29-43)80-34-46(64-57)38-12-23-77-24-13-38/h3-11,17-18,26-29,37-38,42,46-47,51-52,55,64H,12-16,19-25,30-36H2,1-2H3,(H,63,65)(H,66,72)/t46-,47-,51-,52+,55-/m0/s1. The largest absolute Gasteiger partial charge is 0.491 e. The van der Waals surface area contributed by atoms with E-state index in [1.807, 2.05) is 42.7 Å². The second-order valence-corrected chi connectivity index (χ2v) is 25.7. The molecule has 1 saturated carbocycles. The molecule has 0 unspecified atom stereocenters. The first-order chi connectivity index (χ1) is 40.3. The number of anilines is 4. The number of piperidine rings is 1. The molecule has 7 aliphatic heterocycles. The van der Waals surface area contributed by atoms with Crippen LogP contribution in [0.25, 0.3) is 11.0 Å². The van der Waals surface area contributed by atoms with E-state index in [1.165, 1.54) is 11.6 Å². The fraction of sp³-hybridized carbons (Fsp3) is 0.492. The maximum Gasteiger partial charge on any atom is 0.297 e. The lowest BCUT2D eigenvalue weighted by molar-refractivity contribution is -0.384. The number of carbonyl (C=O) groups excluding carboxylic acids is 1. The molecule has 8 aliphatic rings. The van der Waals surface area contributed by atoms with Crippen LogP contribution in [0.2, 0.25) is 0 Å². The number of sulfonamides is 1. The number of hydrogen-bond donors (Lipinski definition) is 3. The van der Waals surface area contributed by atoms with Gasteiger partial charge in [-0.05, 0) is 113 Å². The molecule has 22 heteroatoms. The molecular formula is C61H70N10O11S. The first kappa shape index (κ1) is 53.9. The quantitative estimate of drug-likeness (QED) is 0.0771. The van der Waals surface area contributed by atoms with Gasteiger partial charge in [0.05, 0.1) is 76.9 Å². The highest BCUT2D eigenvalue weighted by Gasteiger charge is 2.51. The molecule has 1 amide bonds. The Bertz CT molecular complexity index is 3560. The maximum atomic E-state index is 15.0. The predicted molar refractivity (Wildman–Crippen MR) is 309 cm³/mol. The van der Waals surface area contributed by atoms with Gasteiger partial charge in [0, 0.05) is 105 Å². The minimum absolute atomic E-state index is 0.0238. The van der Waals surface area contributed by atoms with Crippen LogP contribution in [0, 0.1) is 21.4 Å². The molecule has 0 bridgehead atoms. The molecule has 3 N–H and O–H groups in total. The average Bonchev–Trinajstić information content (AvgIpc) is 4.15. The summed E-state index contributed by atoms with van der Waals surface area (Å²) in [6.07, 6.45) is 9.52. The van der Waals surface area contributed by atoms with Crippen molar-refractivity contribution in [3.8, 4) is 17.4 Å². The second-order valence-electron chi connectivity index (χ2n) is 24.0. The number of nitrogens with one attached hydrogen (secondary N) is 3. The Hall–Kier alpha value is -7.08. The number of piperazine rings is 1. The number of benzene rings is 3. The zero-order valence-electron chi connectivity index (χ0n) is 46.7. The van der Waals surface area contributed by atoms with E-state index in [4.69, 9.17) is 38.4 Å². The van der Waals surface area contributed by atoms with E-state index in [1.54, 1.807) is 6.07 Å². The molecule has 1 aliphatic carbocycles. The van der Waals surface area contributed by atoms with Gasteiger partial charge in [0.2, 0.25) is 5.88 Å². The van der Waals surface area contributed by atoms with Crippen molar-refractivity contribution in [1.29, 1.82) is 0 Å². The number of hydrogen-bond acceptors (Lipinski definition) is 18. The summed E-state index contributed by atoms with van der Waals surface area (Å²) in [4.78, 5) is 49.2. The van der Waals surface area contributed by atoms with E-state index < -0.39 is 37.5 Å². The number of H-pyrrole nitrogens is 1. The Morgan fingerprint density at radius 1 is 0.892 bits per heavy atom. The lowest BCUT2D eigenvalue weighted by atomic mass is 9.59. The maximum absolute atomic E-state index is 15.0. The van der Waals surface area contributed by atoms with Crippen LogP contribution in [0.1, 0.15) is 98.1 Å². The molecule has 5 fully saturated rings. The topological polar surface area (TPSA) is 228 Å². The van der Waals surface area contributed by atoms with Gasteiger partial charge in [-0.3, -0.25) is 29.7 Å². The molecule has 1 spiro atoms. The van der Waals surface area contributed by atoms with Crippen LogP contribution in [0.5, 0.6) is 17.4 Å². The Labute approximate surface area is 482 Å². The first-order valence-electron chi connectivity index (χ1n) is 29.4. The number of carbonyl (C=O) groups is 1. The second kappa shape index (κ2) is 21.8. The predicted octanol–water partition coefficient (Wildman–Crippen LogP) is 8.44. The van der Waals surface area contributed by atoms with Crippen molar-refractivity contribution in [2.45, 2.75) is 113 Å². The van der Waals surface area contributed by atoms with Crippen LogP contribution in [0.15, 0.2) is 96.2 Å². The Balaban J connectivity index is 0.740. The monoisotopic (exact) mass is 1150 g/mol. The van der Waals surface area contributed by atoms with Crippen LogP contribution in [0.4, 0.5) is 28.4 Å². The lowest BCUT2D eigenvalue weighted by Crippen LogP contribution is -2.60. The van der Waals surface area contributed by atoms with Gasteiger partial charge in [-0.15, -0.1) is 0 Å². The highest BCUT2D eigenvalue weighted by molar-refractivity contribution is 7.90. The van der Waals surface area contributed by atoms with Gasteiger partial charge >= 0.3 is 0 Å². The number of rotatable bonds is 12. The van der Waals surface area contributed by atoms with Gasteiger partial charge in [0.25, 0.3) is 21.6 Å². The summed E-state index contributed by atoms with van der Waals surface area (Å²) in [7, 11) is -4.72. The summed E-state index contributed by atoms with van der Waals surface area (Å²) < 4.78 is 68.1. The summed E-state index contributed by atoms with van der Waals surface area (Å²) in [6.45, 7) is 11.7. The molecule has 4 saturated heterocycles. The van der Waals surface area contributed by atoms with Crippen molar-refractivity contribution >= 4 is 55.4 Å². The molecule has 3 aromatic carbocycles. The van der Waals surface area contributed by atoms with E-state index in [-0.39, 0.29) is 71.8 Å². The number of nitrogens with zero attached hydrogens (tertiary/aromatic N) is 7. The lowest BCUT2D eigenvalue weighted by Gasteiger charge is -2.58. The fourth-order valence-corrected chi connectivity index (χ4v) is 15.5. The van der Waals surface area contributed by atoms with Gasteiger partial charge < -0.3 is 48.5 Å². The number of ether oxygens (including phenoxy) is 6. The van der Waals surface area contributed by atoms with Gasteiger partial charge in [-0.2, -0.15) is 4.98 Å². The van der Waals surface area contributed by atoms with Crippen LogP contribution in [-0.2, 0) is 30.8 Å². The third kappa shape index (κ3) is 10.2. The molecule has 5 atom stereocenters. The molecule has 0 radical (unpaired) electrons. The van der Waals surface area contributed by atoms with Crippen molar-refractivity contribution in [1.82, 2.24) is 29.5 Å². The smallest absolute Gasteiger partial charge is 0.297 e. The zero-order valence-corrected chi connectivity index (χ0v) is 47.6. The van der Waals surface area contributed by atoms with E-state index >= 15 is 0 Å². The molecule has 10 heterocycles. The number of para-hydroxylation sites is 1. The number of amides is 1. The van der Waals surface area contributed by atoms with E-state index in [2.05, 4.69) is 78.8 Å².